The molecule has 0 aromatic carbocycles. The van der Waals surface area contributed by atoms with Crippen LogP contribution < -0.4 is 11.2 Å². The van der Waals surface area contributed by atoms with Crippen LogP contribution in [0.5, 0.6) is 0 Å². The van der Waals surface area contributed by atoms with Gasteiger partial charge in [0.25, 0.3) is 5.56 Å². The molecule has 112 valence electrons. The number of hydrogen-bond acceptors (Lipinski definition) is 4. The summed E-state index contributed by atoms with van der Waals surface area (Å²) in [5.41, 5.74) is -0.374. The Kier molecular flexibility index (Phi) is 3.52. The molecule has 0 aliphatic heterocycles. The summed E-state index contributed by atoms with van der Waals surface area (Å²) in [6.45, 7) is 4.56. The van der Waals surface area contributed by atoms with Crippen LogP contribution in [0.4, 0.5) is 0 Å². The molecule has 1 fully saturated rings. The summed E-state index contributed by atoms with van der Waals surface area (Å²) in [6, 6.07) is 0. The van der Waals surface area contributed by atoms with Crippen LogP contribution in [-0.2, 0) is 6.54 Å². The molecule has 6 nitrogen and oxygen atoms in total. The van der Waals surface area contributed by atoms with Crippen molar-refractivity contribution in [1.29, 1.82) is 0 Å². The van der Waals surface area contributed by atoms with Crippen LogP contribution in [0.15, 0.2) is 9.59 Å². The zero-order chi connectivity index (χ0) is 15.1. The fourth-order valence-corrected chi connectivity index (χ4v) is 2.92. The molecule has 2 aromatic heterocycles. The minimum Gasteiger partial charge on any atom is -0.329 e. The molecule has 7 heteroatoms. The van der Waals surface area contributed by atoms with E-state index in [9.17, 15) is 9.59 Å². The van der Waals surface area contributed by atoms with Gasteiger partial charge in [-0.1, -0.05) is 32.5 Å². The van der Waals surface area contributed by atoms with Crippen molar-refractivity contribution in [3.05, 3.63) is 31.3 Å². The normalized spacial score (nSPS) is 15.6. The third kappa shape index (κ3) is 2.46. The summed E-state index contributed by atoms with van der Waals surface area (Å²) in [4.78, 5) is 34.0. The van der Waals surface area contributed by atoms with Crippen LogP contribution in [0.3, 0.4) is 0 Å². The van der Waals surface area contributed by atoms with Crippen molar-refractivity contribution in [3.8, 4) is 0 Å². The topological polar surface area (TPSA) is 83.5 Å². The minimum absolute atomic E-state index is 0.268. The molecule has 1 saturated carbocycles. The molecule has 21 heavy (non-hydrogen) atoms. The Morgan fingerprint density at radius 1 is 1.33 bits per heavy atom. The van der Waals surface area contributed by atoms with Crippen molar-refractivity contribution in [2.24, 2.45) is 5.92 Å². The zero-order valence-corrected chi connectivity index (χ0v) is 12.9. The van der Waals surface area contributed by atoms with Crippen LogP contribution in [-0.4, -0.2) is 19.5 Å². The van der Waals surface area contributed by atoms with E-state index in [0.29, 0.717) is 23.5 Å². The first-order chi connectivity index (χ1) is 9.97. The van der Waals surface area contributed by atoms with E-state index in [1.165, 1.54) is 6.42 Å². The molecule has 0 atom stereocenters. The molecule has 1 aliphatic carbocycles. The SMILES string of the molecule is CC(C)Cn1c(=O)[nH]c(=O)c2c(=S)nc(C3CCC3)[nH]c21. The van der Waals surface area contributed by atoms with Crippen molar-refractivity contribution < 1.29 is 0 Å². The molecular formula is C14H18N4O2S. The first-order valence-corrected chi connectivity index (χ1v) is 7.65. The third-order valence-electron chi connectivity index (χ3n) is 3.92. The lowest BCUT2D eigenvalue weighted by Crippen LogP contribution is -2.33. The lowest BCUT2D eigenvalue weighted by Gasteiger charge is -2.24. The smallest absolute Gasteiger partial charge is 0.329 e. The lowest BCUT2D eigenvalue weighted by molar-refractivity contribution is 0.401. The summed E-state index contributed by atoms with van der Waals surface area (Å²) in [5.74, 6) is 1.43. The molecule has 0 saturated heterocycles. The number of hydrogen-bond donors (Lipinski definition) is 2. The highest BCUT2D eigenvalue weighted by atomic mass is 32.1. The molecule has 0 radical (unpaired) electrons. The summed E-state index contributed by atoms with van der Waals surface area (Å²) in [7, 11) is 0. The molecule has 0 bridgehead atoms. The molecule has 0 spiro atoms. The van der Waals surface area contributed by atoms with Gasteiger partial charge in [-0.2, -0.15) is 0 Å². The Labute approximate surface area is 126 Å². The van der Waals surface area contributed by atoms with Gasteiger partial charge >= 0.3 is 5.69 Å². The minimum atomic E-state index is -0.469. The maximum Gasteiger partial charge on any atom is 0.329 e. The average molecular weight is 306 g/mol. The number of nitrogens with one attached hydrogen (secondary N) is 2. The fourth-order valence-electron chi connectivity index (χ4n) is 2.63. The summed E-state index contributed by atoms with van der Waals surface area (Å²) < 4.78 is 1.82. The second-order valence-electron chi connectivity index (χ2n) is 6.04. The maximum absolute atomic E-state index is 12.1. The van der Waals surface area contributed by atoms with Crippen molar-refractivity contribution in [2.45, 2.75) is 45.6 Å². The van der Waals surface area contributed by atoms with E-state index >= 15 is 0 Å². The maximum atomic E-state index is 12.1. The number of nitrogens with zero attached hydrogens (tertiary/aromatic N) is 2. The van der Waals surface area contributed by atoms with E-state index < -0.39 is 11.2 Å². The summed E-state index contributed by atoms with van der Waals surface area (Å²) >= 11 is 5.27. The van der Waals surface area contributed by atoms with Crippen LogP contribution >= 0.6 is 12.2 Å². The van der Waals surface area contributed by atoms with Crippen LogP contribution in [0, 0.1) is 10.6 Å². The highest BCUT2D eigenvalue weighted by Gasteiger charge is 2.23. The fraction of sp³-hybridized carbons (Fsp3) is 0.571. The van der Waals surface area contributed by atoms with Gasteiger partial charge in [-0.25, -0.2) is 9.78 Å². The zero-order valence-electron chi connectivity index (χ0n) is 12.1. The molecule has 1 aliphatic rings. The van der Waals surface area contributed by atoms with Gasteiger partial charge in [-0.05, 0) is 18.8 Å². The Balaban J connectivity index is 2.34. The molecule has 2 heterocycles. The summed E-state index contributed by atoms with van der Waals surface area (Å²) in [6.07, 6.45) is 3.32. The van der Waals surface area contributed by atoms with Crippen molar-refractivity contribution in [3.63, 3.8) is 0 Å². The van der Waals surface area contributed by atoms with Gasteiger partial charge in [-0.3, -0.25) is 14.3 Å². The molecule has 0 unspecified atom stereocenters. The van der Waals surface area contributed by atoms with E-state index in [1.54, 1.807) is 4.57 Å². The van der Waals surface area contributed by atoms with Crippen molar-refractivity contribution >= 4 is 23.3 Å². The van der Waals surface area contributed by atoms with Gasteiger partial charge in [-0.15, -0.1) is 0 Å². The lowest BCUT2D eigenvalue weighted by atomic mass is 9.85. The highest BCUT2D eigenvalue weighted by molar-refractivity contribution is 7.71. The Morgan fingerprint density at radius 2 is 2.05 bits per heavy atom. The van der Waals surface area contributed by atoms with E-state index in [1.807, 2.05) is 13.8 Å². The number of rotatable bonds is 3. The molecule has 0 amide bonds. The van der Waals surface area contributed by atoms with E-state index in [-0.39, 0.29) is 10.6 Å². The standard InChI is InChI=1S/C14H18N4O2S/c1-7(2)6-18-11-9(12(19)17-14(18)20)13(21)16-10(15-11)8-4-3-5-8/h7-8H,3-6H2,1-2H3,(H,15,16,21)(H,17,19,20). The number of H-pyrrole nitrogens is 2. The predicted molar refractivity (Wildman–Crippen MR) is 83.2 cm³/mol. The Hall–Kier alpha value is -1.76. The molecular weight excluding hydrogens is 288 g/mol. The van der Waals surface area contributed by atoms with Gasteiger partial charge in [0.1, 0.15) is 21.5 Å². The average Bonchev–Trinajstić information content (AvgIpc) is 2.31. The first kappa shape index (κ1) is 14.2. The molecule has 2 N–H and O–H groups in total. The predicted octanol–water partition coefficient (Wildman–Crippen LogP) is 2.07. The monoisotopic (exact) mass is 306 g/mol. The summed E-state index contributed by atoms with van der Waals surface area (Å²) in [5, 5.41) is 0.299. The van der Waals surface area contributed by atoms with Gasteiger partial charge < -0.3 is 4.98 Å². The van der Waals surface area contributed by atoms with E-state index in [2.05, 4.69) is 15.0 Å². The van der Waals surface area contributed by atoms with Crippen LogP contribution in [0.2, 0.25) is 0 Å². The molecule has 3 rings (SSSR count). The van der Waals surface area contributed by atoms with Crippen LogP contribution in [0.25, 0.3) is 11.0 Å². The number of aromatic amines is 2. The first-order valence-electron chi connectivity index (χ1n) is 7.24. The second-order valence-corrected chi connectivity index (χ2v) is 6.43. The highest BCUT2D eigenvalue weighted by Crippen LogP contribution is 2.34. The Morgan fingerprint density at radius 3 is 2.62 bits per heavy atom. The van der Waals surface area contributed by atoms with Crippen molar-refractivity contribution in [2.75, 3.05) is 0 Å². The van der Waals surface area contributed by atoms with Gasteiger partial charge in [0.05, 0.1) is 0 Å². The largest absolute Gasteiger partial charge is 0.329 e. The Bertz CT molecular complexity index is 858. The van der Waals surface area contributed by atoms with Gasteiger partial charge in [0.15, 0.2) is 0 Å². The van der Waals surface area contributed by atoms with E-state index in [0.717, 1.165) is 18.7 Å². The van der Waals surface area contributed by atoms with Crippen molar-refractivity contribution in [1.82, 2.24) is 19.5 Å². The van der Waals surface area contributed by atoms with Gasteiger partial charge in [0.2, 0.25) is 0 Å². The van der Waals surface area contributed by atoms with E-state index in [4.69, 9.17) is 12.2 Å². The third-order valence-corrected chi connectivity index (χ3v) is 4.22. The molecule has 2 aromatic rings. The van der Waals surface area contributed by atoms with Crippen LogP contribution in [0.1, 0.15) is 44.9 Å². The second kappa shape index (κ2) is 5.22. The number of aromatic nitrogens is 4. The quantitative estimate of drug-likeness (QED) is 0.850. The number of fused-ring (bicyclic) bond motifs is 1. The van der Waals surface area contributed by atoms with Gasteiger partial charge in [0, 0.05) is 12.5 Å².